The van der Waals surface area contributed by atoms with Crippen LogP contribution >= 0.6 is 11.6 Å². The van der Waals surface area contributed by atoms with E-state index in [1.165, 1.54) is 12.0 Å². The molecule has 0 aromatic heterocycles. The summed E-state index contributed by atoms with van der Waals surface area (Å²) < 4.78 is 5.21. The molecular weight excluding hydrogens is 300 g/mol. The third-order valence-corrected chi connectivity index (χ3v) is 4.85. The summed E-state index contributed by atoms with van der Waals surface area (Å²) in [4.78, 5) is 13.4. The summed E-state index contributed by atoms with van der Waals surface area (Å²) in [7, 11) is 1.62. The van der Waals surface area contributed by atoms with E-state index in [1.807, 2.05) is 12.1 Å². The number of carbonyl (C=O) groups excluding carboxylic acids is 1. The molecule has 1 amide bonds. The van der Waals surface area contributed by atoms with Crippen LogP contribution < -0.4 is 10.5 Å². The quantitative estimate of drug-likeness (QED) is 0.872. The average molecular weight is 325 g/mol. The second kappa shape index (κ2) is 7.84. The topological polar surface area (TPSA) is 55.6 Å². The summed E-state index contributed by atoms with van der Waals surface area (Å²) in [6.07, 6.45) is 3.72. The van der Waals surface area contributed by atoms with E-state index >= 15 is 0 Å². The van der Waals surface area contributed by atoms with E-state index in [1.54, 1.807) is 7.11 Å². The Hall–Kier alpha value is -1.26. The van der Waals surface area contributed by atoms with Crippen LogP contribution in [0, 0.1) is 5.92 Å². The van der Waals surface area contributed by atoms with Crippen LogP contribution in [0.2, 0.25) is 5.02 Å². The number of amides is 1. The number of likely N-dealkylation sites (tertiary alicyclic amines) is 1. The summed E-state index contributed by atoms with van der Waals surface area (Å²) in [5.74, 6) is 1.06. The molecule has 1 aromatic rings. The number of halogens is 1. The second-order valence-electron chi connectivity index (χ2n) is 6.08. The van der Waals surface area contributed by atoms with Gasteiger partial charge in [0, 0.05) is 19.0 Å². The molecule has 1 fully saturated rings. The van der Waals surface area contributed by atoms with Gasteiger partial charge in [-0.25, -0.2) is 0 Å². The zero-order valence-electron chi connectivity index (χ0n) is 13.3. The number of methoxy groups -OCH3 is 1. The maximum Gasteiger partial charge on any atom is 0.217 e. The molecule has 4 nitrogen and oxygen atoms in total. The van der Waals surface area contributed by atoms with Crippen molar-refractivity contribution in [2.75, 3.05) is 20.2 Å². The fourth-order valence-corrected chi connectivity index (χ4v) is 3.45. The van der Waals surface area contributed by atoms with Crippen LogP contribution in [0.1, 0.15) is 44.2 Å². The van der Waals surface area contributed by atoms with Crippen molar-refractivity contribution in [3.05, 3.63) is 28.8 Å². The number of nitrogens with zero attached hydrogens (tertiary/aromatic N) is 1. The molecule has 2 unspecified atom stereocenters. The molecule has 2 atom stereocenters. The van der Waals surface area contributed by atoms with Gasteiger partial charge in [-0.1, -0.05) is 17.7 Å². The number of primary amides is 1. The highest BCUT2D eigenvalue weighted by molar-refractivity contribution is 6.32. The van der Waals surface area contributed by atoms with E-state index in [4.69, 9.17) is 22.1 Å². The Morgan fingerprint density at radius 2 is 2.32 bits per heavy atom. The molecular formula is C17H25ClN2O2. The third kappa shape index (κ3) is 4.37. The molecule has 0 radical (unpaired) electrons. The van der Waals surface area contributed by atoms with E-state index in [0.29, 0.717) is 29.2 Å². The summed E-state index contributed by atoms with van der Waals surface area (Å²) in [6.45, 7) is 4.30. The van der Waals surface area contributed by atoms with Crippen LogP contribution in [0.15, 0.2) is 18.2 Å². The lowest BCUT2D eigenvalue weighted by Crippen LogP contribution is -2.37. The predicted molar refractivity (Wildman–Crippen MR) is 89.1 cm³/mol. The number of benzene rings is 1. The van der Waals surface area contributed by atoms with Crippen LogP contribution in [0.3, 0.4) is 0 Å². The van der Waals surface area contributed by atoms with Crippen molar-refractivity contribution in [2.24, 2.45) is 11.7 Å². The number of nitrogens with two attached hydrogens (primary N) is 1. The summed E-state index contributed by atoms with van der Waals surface area (Å²) in [6, 6.07) is 6.28. The fourth-order valence-electron chi connectivity index (χ4n) is 3.18. The molecule has 1 aliphatic rings. The minimum absolute atomic E-state index is 0.202. The van der Waals surface area contributed by atoms with Crippen molar-refractivity contribution in [3.63, 3.8) is 0 Å². The Balaban J connectivity index is 2.00. The van der Waals surface area contributed by atoms with Crippen LogP contribution in [0.25, 0.3) is 0 Å². The molecule has 1 heterocycles. The fraction of sp³-hybridized carbons (Fsp3) is 0.588. The van der Waals surface area contributed by atoms with Crippen molar-refractivity contribution < 1.29 is 9.53 Å². The van der Waals surface area contributed by atoms with Gasteiger partial charge < -0.3 is 10.5 Å². The van der Waals surface area contributed by atoms with E-state index in [2.05, 4.69) is 17.9 Å². The van der Waals surface area contributed by atoms with Gasteiger partial charge >= 0.3 is 0 Å². The Morgan fingerprint density at radius 3 is 2.95 bits per heavy atom. The Kier molecular flexibility index (Phi) is 6.09. The first-order valence-electron chi connectivity index (χ1n) is 7.87. The molecule has 2 rings (SSSR count). The molecule has 0 bridgehead atoms. The lowest BCUT2D eigenvalue weighted by molar-refractivity contribution is -0.118. The molecule has 1 saturated heterocycles. The van der Waals surface area contributed by atoms with Crippen LogP contribution in [-0.4, -0.2) is 31.0 Å². The first-order valence-corrected chi connectivity index (χ1v) is 8.25. The normalized spacial score (nSPS) is 20.6. The zero-order valence-corrected chi connectivity index (χ0v) is 14.1. The summed E-state index contributed by atoms with van der Waals surface area (Å²) in [5, 5.41) is 0.647. The van der Waals surface area contributed by atoms with Crippen molar-refractivity contribution in [3.8, 4) is 5.75 Å². The predicted octanol–water partition coefficient (Wildman–Crippen LogP) is 3.39. The van der Waals surface area contributed by atoms with Gasteiger partial charge in [-0.05, 0) is 56.3 Å². The molecule has 0 spiro atoms. The van der Waals surface area contributed by atoms with Gasteiger partial charge in [0.15, 0.2) is 0 Å². The van der Waals surface area contributed by atoms with E-state index in [9.17, 15) is 4.79 Å². The zero-order chi connectivity index (χ0) is 16.1. The van der Waals surface area contributed by atoms with Crippen LogP contribution in [-0.2, 0) is 4.79 Å². The smallest absolute Gasteiger partial charge is 0.217 e. The molecule has 122 valence electrons. The van der Waals surface area contributed by atoms with E-state index < -0.39 is 0 Å². The number of piperidine rings is 1. The van der Waals surface area contributed by atoms with Crippen molar-refractivity contribution in [1.82, 2.24) is 4.90 Å². The molecule has 1 aromatic carbocycles. The molecule has 2 N–H and O–H groups in total. The van der Waals surface area contributed by atoms with Gasteiger partial charge in [0.25, 0.3) is 0 Å². The number of hydrogen-bond acceptors (Lipinski definition) is 3. The maximum atomic E-state index is 11.0. The van der Waals surface area contributed by atoms with Gasteiger partial charge in [0.05, 0.1) is 12.1 Å². The monoisotopic (exact) mass is 324 g/mol. The van der Waals surface area contributed by atoms with Gasteiger partial charge in [-0.15, -0.1) is 0 Å². The number of hydrogen-bond donors (Lipinski definition) is 1. The Morgan fingerprint density at radius 1 is 1.55 bits per heavy atom. The molecule has 0 saturated carbocycles. The Labute approximate surface area is 137 Å². The van der Waals surface area contributed by atoms with Crippen molar-refractivity contribution >= 4 is 17.5 Å². The first-order chi connectivity index (χ1) is 10.5. The number of ether oxygens (including phenoxy) is 1. The lowest BCUT2D eigenvalue weighted by atomic mass is 9.91. The molecule has 5 heteroatoms. The van der Waals surface area contributed by atoms with Gasteiger partial charge in [0.1, 0.15) is 5.75 Å². The highest BCUT2D eigenvalue weighted by atomic mass is 35.5. The van der Waals surface area contributed by atoms with Gasteiger partial charge in [0.2, 0.25) is 5.91 Å². The highest BCUT2D eigenvalue weighted by Crippen LogP contribution is 2.32. The van der Waals surface area contributed by atoms with Crippen molar-refractivity contribution in [2.45, 2.75) is 38.6 Å². The molecule has 0 aliphatic carbocycles. The number of carbonyl (C=O) groups is 1. The molecule has 22 heavy (non-hydrogen) atoms. The minimum Gasteiger partial charge on any atom is -0.495 e. The largest absolute Gasteiger partial charge is 0.495 e. The lowest BCUT2D eigenvalue weighted by Gasteiger charge is -2.37. The van der Waals surface area contributed by atoms with Gasteiger partial charge in [-0.2, -0.15) is 0 Å². The third-order valence-electron chi connectivity index (χ3n) is 4.56. The van der Waals surface area contributed by atoms with E-state index in [-0.39, 0.29) is 5.91 Å². The van der Waals surface area contributed by atoms with Gasteiger partial charge in [-0.3, -0.25) is 9.69 Å². The average Bonchev–Trinajstić information content (AvgIpc) is 2.52. The van der Waals surface area contributed by atoms with Crippen molar-refractivity contribution in [1.29, 1.82) is 0 Å². The summed E-state index contributed by atoms with van der Waals surface area (Å²) in [5.41, 5.74) is 6.46. The van der Waals surface area contributed by atoms with Crippen LogP contribution in [0.5, 0.6) is 5.75 Å². The second-order valence-corrected chi connectivity index (χ2v) is 6.49. The van der Waals surface area contributed by atoms with E-state index in [0.717, 1.165) is 25.9 Å². The van der Waals surface area contributed by atoms with Crippen LogP contribution in [0.4, 0.5) is 0 Å². The minimum atomic E-state index is -0.202. The first kappa shape index (κ1) is 17.1. The SMILES string of the molecule is COc1ccc(C(C)N2CCCC(CCC(N)=O)C2)cc1Cl. The number of rotatable bonds is 6. The maximum absolute atomic E-state index is 11.0. The standard InChI is InChI=1S/C17H25ClN2O2/c1-12(14-6-7-16(22-2)15(18)10-14)20-9-3-4-13(11-20)5-8-17(19)21/h6-7,10,12-13H,3-5,8-9,11H2,1-2H3,(H2,19,21). The molecule has 1 aliphatic heterocycles. The Bertz CT molecular complexity index is 521. The summed E-state index contributed by atoms with van der Waals surface area (Å²) >= 11 is 6.23. The highest BCUT2D eigenvalue weighted by Gasteiger charge is 2.24.